The molecule has 1 aliphatic carbocycles. The highest BCUT2D eigenvalue weighted by Crippen LogP contribution is 2.48. The highest BCUT2D eigenvalue weighted by Gasteiger charge is 2.43. The molecule has 0 spiro atoms. The molecule has 0 heterocycles. The van der Waals surface area contributed by atoms with Gasteiger partial charge in [0.2, 0.25) is 0 Å². The lowest BCUT2D eigenvalue weighted by atomic mass is 9.92. The number of hydrogen-bond donors (Lipinski definition) is 1. The van der Waals surface area contributed by atoms with Gasteiger partial charge in [-0.25, -0.2) is 13.2 Å². The first kappa shape index (κ1) is 11.5. The van der Waals surface area contributed by atoms with Gasteiger partial charge in [-0.3, -0.25) is 0 Å². The van der Waals surface area contributed by atoms with Gasteiger partial charge in [0.15, 0.2) is 0 Å². The molecule has 1 fully saturated rings. The van der Waals surface area contributed by atoms with Crippen LogP contribution in [0.15, 0.2) is 12.1 Å². The van der Waals surface area contributed by atoms with Gasteiger partial charge in [0.05, 0.1) is 5.56 Å². The molecule has 0 bridgehead atoms. The normalized spacial score (nSPS) is 17.9. The Kier molecular flexibility index (Phi) is 2.70. The van der Waals surface area contributed by atoms with E-state index in [1.807, 2.05) is 0 Å². The van der Waals surface area contributed by atoms with Crippen molar-refractivity contribution >= 4 is 0 Å². The fourth-order valence-electron chi connectivity index (χ4n) is 2.10. The van der Waals surface area contributed by atoms with Gasteiger partial charge in [-0.1, -0.05) is 6.07 Å². The van der Waals surface area contributed by atoms with Crippen LogP contribution in [-0.4, -0.2) is 6.54 Å². The Morgan fingerprint density at radius 2 is 2.00 bits per heavy atom. The Balaban J connectivity index is 2.45. The average molecular weight is 229 g/mol. The van der Waals surface area contributed by atoms with Crippen molar-refractivity contribution in [1.29, 1.82) is 0 Å². The van der Waals surface area contributed by atoms with E-state index in [2.05, 4.69) is 0 Å². The monoisotopic (exact) mass is 229 g/mol. The first-order valence-electron chi connectivity index (χ1n) is 5.29. The highest BCUT2D eigenvalue weighted by molar-refractivity contribution is 5.40. The predicted octanol–water partition coefficient (Wildman–Crippen LogP) is 3.06. The molecule has 1 aromatic carbocycles. The zero-order chi connectivity index (χ0) is 11.9. The van der Waals surface area contributed by atoms with Crippen molar-refractivity contribution < 1.29 is 13.2 Å². The van der Waals surface area contributed by atoms with E-state index in [-0.39, 0.29) is 5.41 Å². The molecule has 0 aliphatic heterocycles. The summed E-state index contributed by atoms with van der Waals surface area (Å²) in [5, 5.41) is 0. The molecular formula is C12H14F3N. The lowest BCUT2D eigenvalue weighted by Gasteiger charge is -2.16. The molecule has 0 amide bonds. The van der Waals surface area contributed by atoms with E-state index in [4.69, 9.17) is 5.73 Å². The number of halogens is 3. The number of nitrogens with two attached hydrogens (primary N) is 1. The lowest BCUT2D eigenvalue weighted by molar-refractivity contribution is 0.145. The van der Waals surface area contributed by atoms with Crippen molar-refractivity contribution in [2.24, 2.45) is 5.73 Å². The van der Waals surface area contributed by atoms with Gasteiger partial charge in [0.25, 0.3) is 6.43 Å². The van der Waals surface area contributed by atoms with Crippen LogP contribution >= 0.6 is 0 Å². The largest absolute Gasteiger partial charge is 0.330 e. The van der Waals surface area contributed by atoms with Crippen molar-refractivity contribution in [2.75, 3.05) is 6.54 Å². The SMILES string of the molecule is Cc1cc(C2(CN)CC2)cc(F)c1C(F)F. The number of aryl methyl sites for hydroxylation is 1. The third kappa shape index (κ3) is 1.71. The van der Waals surface area contributed by atoms with Gasteiger partial charge < -0.3 is 5.73 Å². The summed E-state index contributed by atoms with van der Waals surface area (Å²) in [5.74, 6) is -0.815. The van der Waals surface area contributed by atoms with E-state index < -0.39 is 17.8 Å². The highest BCUT2D eigenvalue weighted by atomic mass is 19.3. The molecule has 0 unspecified atom stereocenters. The topological polar surface area (TPSA) is 26.0 Å². The number of rotatable bonds is 3. The molecule has 2 N–H and O–H groups in total. The van der Waals surface area contributed by atoms with Crippen molar-refractivity contribution in [2.45, 2.75) is 31.6 Å². The Bertz CT molecular complexity index is 388. The second-order valence-electron chi connectivity index (χ2n) is 4.47. The fourth-order valence-corrected chi connectivity index (χ4v) is 2.10. The molecule has 1 nitrogen and oxygen atoms in total. The third-order valence-corrected chi connectivity index (χ3v) is 3.41. The molecule has 1 aliphatic rings. The quantitative estimate of drug-likeness (QED) is 0.847. The van der Waals surface area contributed by atoms with E-state index in [1.165, 1.54) is 13.0 Å². The minimum atomic E-state index is -2.76. The lowest BCUT2D eigenvalue weighted by Crippen LogP contribution is -2.20. The van der Waals surface area contributed by atoms with Gasteiger partial charge in [-0.05, 0) is 37.0 Å². The van der Waals surface area contributed by atoms with E-state index in [0.717, 1.165) is 18.4 Å². The van der Waals surface area contributed by atoms with Crippen LogP contribution in [-0.2, 0) is 5.41 Å². The number of benzene rings is 1. The van der Waals surface area contributed by atoms with Gasteiger partial charge in [-0.15, -0.1) is 0 Å². The van der Waals surface area contributed by atoms with Crippen molar-refractivity contribution in [3.05, 3.63) is 34.6 Å². The second-order valence-corrected chi connectivity index (χ2v) is 4.47. The smallest absolute Gasteiger partial charge is 0.266 e. The van der Waals surface area contributed by atoms with E-state index in [0.29, 0.717) is 12.1 Å². The molecule has 0 radical (unpaired) electrons. The fraction of sp³-hybridized carbons (Fsp3) is 0.500. The molecule has 0 atom stereocenters. The van der Waals surface area contributed by atoms with Crippen LogP contribution < -0.4 is 5.73 Å². The zero-order valence-electron chi connectivity index (χ0n) is 9.06. The second kappa shape index (κ2) is 3.77. The molecule has 88 valence electrons. The maximum Gasteiger partial charge on any atom is 0.266 e. The summed E-state index contributed by atoms with van der Waals surface area (Å²) in [6.45, 7) is 1.96. The number of hydrogen-bond acceptors (Lipinski definition) is 1. The summed E-state index contributed by atoms with van der Waals surface area (Å²) in [5.41, 5.74) is 6.05. The van der Waals surface area contributed by atoms with E-state index in [1.54, 1.807) is 6.07 Å². The van der Waals surface area contributed by atoms with Crippen LogP contribution in [0.1, 0.15) is 36.0 Å². The summed E-state index contributed by atoms with van der Waals surface area (Å²) in [4.78, 5) is 0. The van der Waals surface area contributed by atoms with Crippen LogP contribution in [0.2, 0.25) is 0 Å². The van der Waals surface area contributed by atoms with Gasteiger partial charge >= 0.3 is 0 Å². The van der Waals surface area contributed by atoms with Gasteiger partial charge in [0, 0.05) is 12.0 Å². The third-order valence-electron chi connectivity index (χ3n) is 3.41. The van der Waals surface area contributed by atoms with Crippen LogP contribution in [0.4, 0.5) is 13.2 Å². The first-order valence-corrected chi connectivity index (χ1v) is 5.29. The van der Waals surface area contributed by atoms with Crippen molar-refractivity contribution in [1.82, 2.24) is 0 Å². The maximum absolute atomic E-state index is 13.5. The standard InChI is InChI=1S/C12H14F3N/c1-7-4-8(12(6-16)2-3-12)5-9(13)10(7)11(14)15/h4-5,11H,2-3,6,16H2,1H3. The minimum Gasteiger partial charge on any atom is -0.330 e. The average Bonchev–Trinajstić information content (AvgIpc) is 2.96. The summed E-state index contributed by atoms with van der Waals surface area (Å²) >= 11 is 0. The van der Waals surface area contributed by atoms with E-state index >= 15 is 0 Å². The van der Waals surface area contributed by atoms with Crippen LogP contribution in [0.3, 0.4) is 0 Å². The number of alkyl halides is 2. The Morgan fingerprint density at radius 3 is 2.38 bits per heavy atom. The van der Waals surface area contributed by atoms with Crippen molar-refractivity contribution in [3.63, 3.8) is 0 Å². The molecule has 16 heavy (non-hydrogen) atoms. The zero-order valence-corrected chi connectivity index (χ0v) is 9.06. The Hall–Kier alpha value is -1.03. The molecule has 1 saturated carbocycles. The Labute approximate surface area is 92.5 Å². The minimum absolute atomic E-state index is 0.160. The van der Waals surface area contributed by atoms with Crippen LogP contribution in [0.25, 0.3) is 0 Å². The van der Waals surface area contributed by atoms with Gasteiger partial charge in [0.1, 0.15) is 5.82 Å². The molecule has 0 aromatic heterocycles. The Morgan fingerprint density at radius 1 is 1.38 bits per heavy atom. The van der Waals surface area contributed by atoms with Crippen LogP contribution in [0.5, 0.6) is 0 Å². The molecule has 0 saturated heterocycles. The van der Waals surface area contributed by atoms with Crippen molar-refractivity contribution in [3.8, 4) is 0 Å². The van der Waals surface area contributed by atoms with E-state index in [9.17, 15) is 13.2 Å². The molecule has 2 rings (SSSR count). The summed E-state index contributed by atoms with van der Waals surface area (Å²) in [6, 6.07) is 2.86. The van der Waals surface area contributed by atoms with Crippen LogP contribution in [0, 0.1) is 12.7 Å². The molecule has 4 heteroatoms. The van der Waals surface area contributed by atoms with Gasteiger partial charge in [-0.2, -0.15) is 0 Å². The summed E-state index contributed by atoms with van der Waals surface area (Å²) in [6.07, 6.45) is -0.936. The maximum atomic E-state index is 13.5. The predicted molar refractivity (Wildman–Crippen MR) is 56.1 cm³/mol. The molecular weight excluding hydrogens is 215 g/mol. The first-order chi connectivity index (χ1) is 7.50. The molecule has 1 aromatic rings. The summed E-state index contributed by atoms with van der Waals surface area (Å²) < 4.78 is 38.6. The summed E-state index contributed by atoms with van der Waals surface area (Å²) in [7, 11) is 0.